The predicted molar refractivity (Wildman–Crippen MR) is 132 cm³/mol. The minimum absolute atomic E-state index is 0.00360. The van der Waals surface area contributed by atoms with Crippen molar-refractivity contribution in [3.63, 3.8) is 0 Å². The van der Waals surface area contributed by atoms with Gasteiger partial charge < -0.3 is 20.5 Å². The van der Waals surface area contributed by atoms with Gasteiger partial charge >= 0.3 is 12.1 Å². The number of ether oxygens (including phenoxy) is 1. The van der Waals surface area contributed by atoms with Crippen molar-refractivity contribution in [3.8, 4) is 11.1 Å². The topological polar surface area (TPSA) is 118 Å². The van der Waals surface area contributed by atoms with Gasteiger partial charge in [0, 0.05) is 23.8 Å². The number of hydrogen-bond acceptors (Lipinski definition) is 6. The van der Waals surface area contributed by atoms with Crippen LogP contribution in [0.15, 0.2) is 53.9 Å². The molecule has 0 saturated carbocycles. The first kappa shape index (κ1) is 24.4. The molecule has 1 unspecified atom stereocenters. The first-order valence-corrected chi connectivity index (χ1v) is 12.3. The Balaban J connectivity index is 1.19. The number of carboxylic acids is 1. The number of rotatable bonds is 10. The van der Waals surface area contributed by atoms with Crippen LogP contribution in [0.3, 0.4) is 0 Å². The molecule has 3 aromatic rings. The van der Waals surface area contributed by atoms with E-state index in [1.807, 2.05) is 31.2 Å². The lowest BCUT2D eigenvalue weighted by Crippen LogP contribution is -2.35. The van der Waals surface area contributed by atoms with Crippen LogP contribution >= 0.6 is 11.3 Å². The van der Waals surface area contributed by atoms with Gasteiger partial charge in [0.25, 0.3) is 0 Å². The third-order valence-corrected chi connectivity index (χ3v) is 6.78. The Morgan fingerprint density at radius 1 is 1.09 bits per heavy atom. The lowest BCUT2D eigenvalue weighted by atomic mass is 9.98. The second-order valence-electron chi connectivity index (χ2n) is 8.49. The summed E-state index contributed by atoms with van der Waals surface area (Å²) < 4.78 is 5.55. The molecule has 0 radical (unpaired) electrons. The van der Waals surface area contributed by atoms with Crippen molar-refractivity contribution in [2.75, 3.05) is 6.61 Å². The molecule has 0 aliphatic heterocycles. The van der Waals surface area contributed by atoms with Crippen molar-refractivity contribution in [2.24, 2.45) is 0 Å². The molecule has 0 spiro atoms. The molecule has 2 amide bonds. The number of fused-ring (bicyclic) bond motifs is 3. The largest absolute Gasteiger partial charge is 0.481 e. The molecule has 182 valence electrons. The van der Waals surface area contributed by atoms with Gasteiger partial charge in [-0.2, -0.15) is 0 Å². The van der Waals surface area contributed by atoms with Crippen molar-refractivity contribution in [3.05, 3.63) is 75.7 Å². The maximum absolute atomic E-state index is 12.4. The molecule has 2 aromatic carbocycles. The van der Waals surface area contributed by atoms with Crippen LogP contribution < -0.4 is 10.6 Å². The van der Waals surface area contributed by atoms with Crippen LogP contribution in [-0.4, -0.2) is 40.7 Å². The Morgan fingerprint density at radius 2 is 1.74 bits per heavy atom. The minimum Gasteiger partial charge on any atom is -0.481 e. The highest BCUT2D eigenvalue weighted by molar-refractivity contribution is 7.09. The van der Waals surface area contributed by atoms with Gasteiger partial charge in [-0.3, -0.25) is 9.59 Å². The number of nitrogens with zero attached hydrogens (tertiary/aromatic N) is 1. The number of thiazole rings is 1. The highest BCUT2D eigenvalue weighted by atomic mass is 32.1. The van der Waals surface area contributed by atoms with E-state index in [0.29, 0.717) is 17.1 Å². The smallest absolute Gasteiger partial charge is 0.407 e. The fourth-order valence-electron chi connectivity index (χ4n) is 4.19. The number of aliphatic carboxylic acids is 1. The first-order chi connectivity index (χ1) is 16.9. The lowest BCUT2D eigenvalue weighted by Gasteiger charge is -2.17. The van der Waals surface area contributed by atoms with Gasteiger partial charge in [-0.1, -0.05) is 48.5 Å². The summed E-state index contributed by atoms with van der Waals surface area (Å²) in [7, 11) is 0. The number of alkyl carbamates (subject to hydrolysis) is 1. The number of benzene rings is 2. The molecule has 8 nitrogen and oxygen atoms in total. The van der Waals surface area contributed by atoms with E-state index in [2.05, 4.69) is 39.9 Å². The van der Waals surface area contributed by atoms with Crippen molar-refractivity contribution in [2.45, 2.75) is 44.7 Å². The molecule has 1 atom stereocenters. The zero-order valence-corrected chi connectivity index (χ0v) is 20.1. The van der Waals surface area contributed by atoms with Crippen molar-refractivity contribution >= 4 is 29.3 Å². The molecule has 4 rings (SSSR count). The molecular formula is C26H27N3O5S. The molecular weight excluding hydrogens is 466 g/mol. The molecule has 0 saturated heterocycles. The quantitative estimate of drug-likeness (QED) is 0.392. The van der Waals surface area contributed by atoms with E-state index < -0.39 is 12.1 Å². The van der Waals surface area contributed by atoms with Crippen LogP contribution in [0, 0.1) is 0 Å². The molecule has 1 aliphatic rings. The summed E-state index contributed by atoms with van der Waals surface area (Å²) in [6.45, 7) is 2.32. The summed E-state index contributed by atoms with van der Waals surface area (Å²) >= 11 is 1.31. The zero-order valence-electron chi connectivity index (χ0n) is 19.3. The number of carboxylic acid groups (broad SMARTS) is 1. The minimum atomic E-state index is -0.941. The van der Waals surface area contributed by atoms with E-state index in [1.165, 1.54) is 22.5 Å². The SMILES string of the molecule is CC(CCC(=O)NCc1nc(CC(=O)O)cs1)NC(=O)OCC1c2ccccc2-c2ccccc21. The van der Waals surface area contributed by atoms with E-state index in [1.54, 1.807) is 5.38 Å². The third kappa shape index (κ3) is 6.24. The van der Waals surface area contributed by atoms with Crippen LogP contribution in [0.2, 0.25) is 0 Å². The molecule has 1 aliphatic carbocycles. The summed E-state index contributed by atoms with van der Waals surface area (Å²) in [5.74, 6) is -1.11. The highest BCUT2D eigenvalue weighted by Gasteiger charge is 2.29. The zero-order chi connectivity index (χ0) is 24.8. The van der Waals surface area contributed by atoms with Crippen LogP contribution in [-0.2, 0) is 27.3 Å². The van der Waals surface area contributed by atoms with Gasteiger partial charge in [-0.25, -0.2) is 9.78 Å². The normalized spacial score (nSPS) is 12.9. The number of hydrogen-bond donors (Lipinski definition) is 3. The molecule has 3 N–H and O–H groups in total. The third-order valence-electron chi connectivity index (χ3n) is 5.88. The van der Waals surface area contributed by atoms with Crippen LogP contribution in [0.5, 0.6) is 0 Å². The van der Waals surface area contributed by atoms with Crippen LogP contribution in [0.25, 0.3) is 11.1 Å². The van der Waals surface area contributed by atoms with Crippen molar-refractivity contribution in [1.82, 2.24) is 15.6 Å². The Bertz CT molecular complexity index is 1180. The Labute approximate surface area is 207 Å². The van der Waals surface area contributed by atoms with Crippen LogP contribution in [0.4, 0.5) is 4.79 Å². The number of amides is 2. The summed E-state index contributed by atoms with van der Waals surface area (Å²) in [5.41, 5.74) is 5.13. The number of nitrogens with one attached hydrogen (secondary N) is 2. The van der Waals surface area contributed by atoms with Gasteiger partial charge in [0.2, 0.25) is 5.91 Å². The van der Waals surface area contributed by atoms with Crippen molar-refractivity contribution in [1.29, 1.82) is 0 Å². The standard InChI is InChI=1S/C26H27N3O5S/c1-16(10-11-23(30)27-13-24-29-17(15-35-24)12-25(31)32)28-26(33)34-14-22-20-8-4-2-6-18(20)19-7-3-5-9-21(19)22/h2-9,15-16,22H,10-14H2,1H3,(H,27,30)(H,28,33)(H,31,32). The van der Waals surface area contributed by atoms with E-state index in [0.717, 1.165) is 11.1 Å². The van der Waals surface area contributed by atoms with Crippen LogP contribution in [0.1, 0.15) is 47.5 Å². The Kier molecular flexibility index (Phi) is 7.77. The lowest BCUT2D eigenvalue weighted by molar-refractivity contribution is -0.136. The fourth-order valence-corrected chi connectivity index (χ4v) is 4.92. The molecule has 9 heteroatoms. The monoisotopic (exact) mass is 493 g/mol. The fraction of sp³-hybridized carbons (Fsp3) is 0.308. The molecule has 1 heterocycles. The summed E-state index contributed by atoms with van der Waals surface area (Å²) in [4.78, 5) is 39.5. The van der Waals surface area contributed by atoms with Crippen molar-refractivity contribution < 1.29 is 24.2 Å². The van der Waals surface area contributed by atoms with Gasteiger partial charge in [0.1, 0.15) is 11.6 Å². The second kappa shape index (κ2) is 11.1. The molecule has 1 aromatic heterocycles. The second-order valence-corrected chi connectivity index (χ2v) is 9.43. The predicted octanol–water partition coefficient (Wildman–Crippen LogP) is 4.09. The molecule has 0 bridgehead atoms. The number of carbonyl (C=O) groups is 3. The molecule has 0 fully saturated rings. The van der Waals surface area contributed by atoms with E-state index in [-0.39, 0.29) is 43.9 Å². The van der Waals surface area contributed by atoms with Gasteiger partial charge in [-0.15, -0.1) is 11.3 Å². The van der Waals surface area contributed by atoms with E-state index in [4.69, 9.17) is 9.84 Å². The summed E-state index contributed by atoms with van der Waals surface area (Å²) in [5, 5.41) is 16.7. The summed E-state index contributed by atoms with van der Waals surface area (Å²) in [6, 6.07) is 16.1. The highest BCUT2D eigenvalue weighted by Crippen LogP contribution is 2.44. The Hall–Kier alpha value is -3.72. The number of carbonyl (C=O) groups excluding carboxylic acids is 2. The van der Waals surface area contributed by atoms with E-state index in [9.17, 15) is 14.4 Å². The van der Waals surface area contributed by atoms with E-state index >= 15 is 0 Å². The average Bonchev–Trinajstić information content (AvgIpc) is 3.41. The average molecular weight is 494 g/mol. The Morgan fingerprint density at radius 3 is 2.40 bits per heavy atom. The molecule has 35 heavy (non-hydrogen) atoms. The summed E-state index contributed by atoms with van der Waals surface area (Å²) in [6.07, 6.45) is 0.0494. The van der Waals surface area contributed by atoms with Gasteiger partial charge in [-0.05, 0) is 35.6 Å². The maximum Gasteiger partial charge on any atom is 0.407 e. The van der Waals surface area contributed by atoms with Gasteiger partial charge in [0.15, 0.2) is 0 Å². The van der Waals surface area contributed by atoms with Gasteiger partial charge in [0.05, 0.1) is 18.7 Å². The first-order valence-electron chi connectivity index (χ1n) is 11.4. The maximum atomic E-state index is 12.4. The number of aromatic nitrogens is 1.